The molecule has 0 saturated carbocycles. The Morgan fingerprint density at radius 3 is 2.34 bits per heavy atom. The molecule has 1 amide bonds. The number of methoxy groups -OCH3 is 2. The number of ether oxygens (including phenoxy) is 2. The predicted octanol–water partition coefficient (Wildman–Crippen LogP) is 5.01. The van der Waals surface area contributed by atoms with Gasteiger partial charge >= 0.3 is 0 Å². The van der Waals surface area contributed by atoms with Crippen LogP contribution in [0.5, 0.6) is 11.5 Å². The third-order valence-corrected chi connectivity index (χ3v) is 6.52. The summed E-state index contributed by atoms with van der Waals surface area (Å²) in [6.07, 6.45) is 0. The van der Waals surface area contributed by atoms with Gasteiger partial charge in [-0.1, -0.05) is 18.2 Å². The molecule has 3 aromatic rings. The molecule has 2 heterocycles. The van der Waals surface area contributed by atoms with Crippen molar-refractivity contribution in [2.75, 3.05) is 19.1 Å². The van der Waals surface area contributed by atoms with Crippen LogP contribution in [0.2, 0.25) is 0 Å². The molecule has 32 heavy (non-hydrogen) atoms. The second kappa shape index (κ2) is 8.51. The molecule has 0 bridgehead atoms. The molecule has 164 valence electrons. The lowest BCUT2D eigenvalue weighted by atomic mass is 9.95. The lowest BCUT2D eigenvalue weighted by Crippen LogP contribution is -2.29. The van der Waals surface area contributed by atoms with Crippen LogP contribution in [0.15, 0.2) is 59.5 Å². The van der Waals surface area contributed by atoms with Gasteiger partial charge in [0.15, 0.2) is 0 Å². The van der Waals surface area contributed by atoms with E-state index in [1.807, 2.05) is 31.4 Å². The van der Waals surface area contributed by atoms with E-state index in [1.54, 1.807) is 43.5 Å². The standard InChI is InChI=1S/C25H23NO5S/c1-14-13-19(31-4)15(2)12-16(14)23(27)21-22(20-10-7-11-32-20)26(25(29)24(21)28)17-8-5-6-9-18(17)30-3/h5-13,22,27H,1-4H3/b23-21-. The molecule has 1 atom stereocenters. The minimum atomic E-state index is -0.770. The predicted molar refractivity (Wildman–Crippen MR) is 125 cm³/mol. The quantitative estimate of drug-likeness (QED) is 0.337. The summed E-state index contributed by atoms with van der Waals surface area (Å²) in [7, 11) is 3.09. The van der Waals surface area contributed by atoms with E-state index in [-0.39, 0.29) is 11.3 Å². The van der Waals surface area contributed by atoms with Crippen molar-refractivity contribution in [1.82, 2.24) is 0 Å². The summed E-state index contributed by atoms with van der Waals surface area (Å²) in [5, 5.41) is 13.2. The number of para-hydroxylation sites is 2. The Kier molecular flexibility index (Phi) is 5.76. The van der Waals surface area contributed by atoms with Crippen molar-refractivity contribution >= 4 is 34.5 Å². The van der Waals surface area contributed by atoms with Crippen LogP contribution in [0.4, 0.5) is 5.69 Å². The molecular formula is C25H23NO5S. The third kappa shape index (κ3) is 3.44. The van der Waals surface area contributed by atoms with Gasteiger partial charge < -0.3 is 14.6 Å². The van der Waals surface area contributed by atoms with Crippen molar-refractivity contribution < 1.29 is 24.2 Å². The Morgan fingerprint density at radius 2 is 1.69 bits per heavy atom. The van der Waals surface area contributed by atoms with Crippen LogP contribution in [-0.4, -0.2) is 31.0 Å². The van der Waals surface area contributed by atoms with Crippen LogP contribution in [0.3, 0.4) is 0 Å². The van der Waals surface area contributed by atoms with Crippen LogP contribution >= 0.6 is 11.3 Å². The number of aryl methyl sites for hydroxylation is 2. The van der Waals surface area contributed by atoms with E-state index >= 15 is 0 Å². The highest BCUT2D eigenvalue weighted by molar-refractivity contribution is 7.10. The molecule has 0 radical (unpaired) electrons. The van der Waals surface area contributed by atoms with Gasteiger partial charge in [0.05, 0.1) is 25.5 Å². The molecule has 1 saturated heterocycles. The van der Waals surface area contributed by atoms with Gasteiger partial charge in [0.2, 0.25) is 0 Å². The fourth-order valence-corrected chi connectivity index (χ4v) is 4.86. The largest absolute Gasteiger partial charge is 0.507 e. The van der Waals surface area contributed by atoms with Crippen molar-refractivity contribution in [1.29, 1.82) is 0 Å². The number of carbonyl (C=O) groups excluding carboxylic acids is 2. The first-order chi connectivity index (χ1) is 15.4. The van der Waals surface area contributed by atoms with E-state index in [1.165, 1.54) is 23.3 Å². The smallest absolute Gasteiger partial charge is 0.300 e. The van der Waals surface area contributed by atoms with Crippen molar-refractivity contribution in [2.45, 2.75) is 19.9 Å². The normalized spacial score (nSPS) is 17.6. The zero-order valence-electron chi connectivity index (χ0n) is 18.2. The molecule has 1 N–H and O–H groups in total. The van der Waals surface area contributed by atoms with E-state index in [9.17, 15) is 14.7 Å². The maximum absolute atomic E-state index is 13.3. The molecule has 2 aromatic carbocycles. The number of ketones is 1. The first-order valence-corrected chi connectivity index (χ1v) is 10.9. The summed E-state index contributed by atoms with van der Waals surface area (Å²) >= 11 is 1.41. The number of rotatable bonds is 5. The summed E-state index contributed by atoms with van der Waals surface area (Å²) in [6, 6.07) is 13.5. The van der Waals surface area contributed by atoms with Gasteiger partial charge in [-0.3, -0.25) is 14.5 Å². The van der Waals surface area contributed by atoms with Crippen molar-refractivity contribution in [3.63, 3.8) is 0 Å². The fourth-order valence-electron chi connectivity index (χ4n) is 4.04. The highest BCUT2D eigenvalue weighted by Crippen LogP contribution is 2.46. The van der Waals surface area contributed by atoms with Crippen molar-refractivity contribution in [3.05, 3.63) is 81.1 Å². The maximum Gasteiger partial charge on any atom is 0.300 e. The third-order valence-electron chi connectivity index (χ3n) is 5.60. The molecule has 1 aliphatic rings. The average Bonchev–Trinajstić information content (AvgIpc) is 3.41. The number of amides is 1. The molecule has 1 aliphatic heterocycles. The Labute approximate surface area is 190 Å². The Morgan fingerprint density at radius 1 is 0.969 bits per heavy atom. The Balaban J connectivity index is 1.97. The lowest BCUT2D eigenvalue weighted by Gasteiger charge is -2.25. The minimum Gasteiger partial charge on any atom is -0.507 e. The number of aliphatic hydroxyl groups is 1. The molecule has 1 fully saturated rings. The van der Waals surface area contributed by atoms with E-state index in [2.05, 4.69) is 0 Å². The van der Waals surface area contributed by atoms with E-state index < -0.39 is 17.7 Å². The molecule has 0 spiro atoms. The summed E-state index contributed by atoms with van der Waals surface area (Å²) in [5.41, 5.74) is 2.56. The molecule has 6 nitrogen and oxygen atoms in total. The SMILES string of the molecule is COc1cc(C)c(/C(O)=C2/C(=O)C(=O)N(c3ccccc3OC)C2c2cccs2)cc1C. The van der Waals surface area contributed by atoms with Crippen LogP contribution in [-0.2, 0) is 9.59 Å². The van der Waals surface area contributed by atoms with Gasteiger partial charge in [0.25, 0.3) is 11.7 Å². The van der Waals surface area contributed by atoms with Crippen molar-refractivity contribution in [2.24, 2.45) is 0 Å². The number of hydrogen-bond acceptors (Lipinski definition) is 6. The van der Waals surface area contributed by atoms with E-state index in [4.69, 9.17) is 9.47 Å². The van der Waals surface area contributed by atoms with E-state index in [0.29, 0.717) is 22.7 Å². The lowest BCUT2D eigenvalue weighted by molar-refractivity contribution is -0.132. The Bertz CT molecular complexity index is 1230. The number of Topliss-reactive ketones (excluding diaryl/α,β-unsaturated/α-hetero) is 1. The average molecular weight is 450 g/mol. The number of benzene rings is 2. The molecular weight excluding hydrogens is 426 g/mol. The van der Waals surface area contributed by atoms with Gasteiger partial charge in [-0.15, -0.1) is 11.3 Å². The van der Waals surface area contributed by atoms with Crippen LogP contribution in [0.25, 0.3) is 5.76 Å². The zero-order valence-corrected chi connectivity index (χ0v) is 19.0. The number of thiophene rings is 1. The number of aliphatic hydroxyl groups excluding tert-OH is 1. The van der Waals surface area contributed by atoms with Crippen molar-refractivity contribution in [3.8, 4) is 11.5 Å². The van der Waals surface area contributed by atoms with Crippen LogP contribution < -0.4 is 14.4 Å². The van der Waals surface area contributed by atoms with Gasteiger partial charge in [-0.05, 0) is 60.7 Å². The molecule has 0 aliphatic carbocycles. The number of carbonyl (C=O) groups is 2. The second-order valence-corrected chi connectivity index (χ2v) is 8.47. The highest BCUT2D eigenvalue weighted by atomic mass is 32.1. The molecule has 1 aromatic heterocycles. The summed E-state index contributed by atoms with van der Waals surface area (Å²) < 4.78 is 10.8. The number of nitrogens with zero attached hydrogens (tertiary/aromatic N) is 1. The minimum absolute atomic E-state index is 0.0519. The topological polar surface area (TPSA) is 76.1 Å². The summed E-state index contributed by atoms with van der Waals surface area (Å²) in [6.45, 7) is 3.69. The van der Waals surface area contributed by atoms with Crippen LogP contribution in [0.1, 0.15) is 27.6 Å². The Hall–Kier alpha value is -3.58. The first kappa shape index (κ1) is 21.6. The second-order valence-electron chi connectivity index (χ2n) is 7.49. The molecule has 1 unspecified atom stereocenters. The molecule has 7 heteroatoms. The van der Waals surface area contributed by atoms with Gasteiger partial charge in [-0.2, -0.15) is 0 Å². The summed E-state index contributed by atoms with van der Waals surface area (Å²) in [4.78, 5) is 28.7. The maximum atomic E-state index is 13.3. The monoisotopic (exact) mass is 449 g/mol. The van der Waals surface area contributed by atoms with Gasteiger partial charge in [0, 0.05) is 10.4 Å². The number of anilines is 1. The molecule has 4 rings (SSSR count). The van der Waals surface area contributed by atoms with Gasteiger partial charge in [0.1, 0.15) is 23.3 Å². The summed E-state index contributed by atoms with van der Waals surface area (Å²) in [5.74, 6) is -0.504. The number of hydrogen-bond donors (Lipinski definition) is 1. The van der Waals surface area contributed by atoms with E-state index in [0.717, 1.165) is 16.0 Å². The fraction of sp³-hybridized carbons (Fsp3) is 0.200. The first-order valence-electron chi connectivity index (χ1n) is 10.0. The zero-order chi connectivity index (χ0) is 23.0. The highest BCUT2D eigenvalue weighted by Gasteiger charge is 2.48. The van der Waals surface area contributed by atoms with Crippen LogP contribution in [0, 0.1) is 13.8 Å². The van der Waals surface area contributed by atoms with Gasteiger partial charge in [-0.25, -0.2) is 0 Å².